The number of aromatic nitrogens is 4. The fourth-order valence-electron chi connectivity index (χ4n) is 18.0. The third-order valence-corrected chi connectivity index (χ3v) is 21.4. The average molecular weight is 1240 g/mol. The summed E-state index contributed by atoms with van der Waals surface area (Å²) in [6.45, 7) is 27.4. The Bertz CT molecular complexity index is 5530. The Balaban J connectivity index is 0.874. The van der Waals surface area contributed by atoms with Crippen molar-refractivity contribution in [1.29, 1.82) is 0 Å². The summed E-state index contributed by atoms with van der Waals surface area (Å²) in [5.74, 6) is 0. The van der Waals surface area contributed by atoms with Gasteiger partial charge in [0.15, 0.2) is 0 Å². The standard InChI is InChI=1S/C90H76B2N4/c1-53-44-57(5)83(58(6)45-53)91(84-59(7)46-54(2)47-60(84)8)65-32-36-67(37-33-65)93-79-28-17-13-24-71(79)75-40-42-77-73-26-15-19-30-81(73)95(89(77)87(75)93)69-22-21-23-70(52-69)96-82-31-20-16-27-74(82)78-43-41-76-72-25-14-18-29-80(72)94(88(76)90(78)96)68-38-34-66(35-39-68)92(85-61(9)48-55(3)49-62(85)10)86-63(11)50-56(4)51-64(86)12/h13-52H,1-12H3. The minimum Gasteiger partial charge on any atom is -0.307 e. The molecule has 0 spiro atoms. The molecule has 0 N–H and O–H groups in total. The highest BCUT2D eigenvalue weighted by molar-refractivity contribution is 6.97. The van der Waals surface area contributed by atoms with Crippen LogP contribution in [-0.4, -0.2) is 31.7 Å². The summed E-state index contributed by atoms with van der Waals surface area (Å²) in [4.78, 5) is 0. The number of hydrogen-bond acceptors (Lipinski definition) is 0. The van der Waals surface area contributed by atoms with Gasteiger partial charge in [-0.15, -0.1) is 0 Å². The highest BCUT2D eigenvalue weighted by atomic mass is 15.1. The number of benzene rings is 13. The van der Waals surface area contributed by atoms with Gasteiger partial charge in [-0.3, -0.25) is 0 Å². The van der Waals surface area contributed by atoms with Gasteiger partial charge in [-0.1, -0.05) is 275 Å². The molecule has 462 valence electrons. The van der Waals surface area contributed by atoms with Crippen LogP contribution >= 0.6 is 0 Å². The Morgan fingerprint density at radius 2 is 0.427 bits per heavy atom. The monoisotopic (exact) mass is 1230 g/mol. The summed E-state index contributed by atoms with van der Waals surface area (Å²) in [6.07, 6.45) is 0. The van der Waals surface area contributed by atoms with Crippen LogP contribution in [0.1, 0.15) is 66.8 Å². The van der Waals surface area contributed by atoms with Gasteiger partial charge in [0.2, 0.25) is 13.4 Å². The molecule has 4 nitrogen and oxygen atoms in total. The van der Waals surface area contributed by atoms with Crippen LogP contribution in [0.4, 0.5) is 0 Å². The molecular weight excluding hydrogens is 1160 g/mol. The molecule has 0 aliphatic rings. The predicted octanol–water partition coefficient (Wildman–Crippen LogP) is 18.8. The fourth-order valence-corrected chi connectivity index (χ4v) is 18.0. The molecule has 13 aromatic carbocycles. The first-order chi connectivity index (χ1) is 46.6. The molecule has 0 aliphatic carbocycles. The van der Waals surface area contributed by atoms with Crippen LogP contribution in [0.25, 0.3) is 110 Å². The molecule has 0 fully saturated rings. The Labute approximate surface area is 563 Å². The molecule has 0 unspecified atom stereocenters. The molecule has 6 heteroatoms. The van der Waals surface area contributed by atoms with Crippen molar-refractivity contribution in [3.8, 4) is 22.7 Å². The van der Waals surface area contributed by atoms with Crippen molar-refractivity contribution >= 4 is 133 Å². The number of fused-ring (bicyclic) bond motifs is 14. The summed E-state index contributed by atoms with van der Waals surface area (Å²) in [7, 11) is 0. The van der Waals surface area contributed by atoms with Gasteiger partial charge >= 0.3 is 0 Å². The lowest BCUT2D eigenvalue weighted by Crippen LogP contribution is -2.55. The van der Waals surface area contributed by atoms with Gasteiger partial charge in [0.05, 0.1) is 44.1 Å². The third-order valence-electron chi connectivity index (χ3n) is 21.4. The van der Waals surface area contributed by atoms with Gasteiger partial charge in [-0.2, -0.15) is 0 Å². The van der Waals surface area contributed by atoms with Gasteiger partial charge in [0, 0.05) is 65.8 Å². The number of rotatable bonds is 10. The van der Waals surface area contributed by atoms with Gasteiger partial charge in [0.1, 0.15) is 0 Å². The first kappa shape index (κ1) is 59.0. The second kappa shape index (κ2) is 22.4. The first-order valence-electron chi connectivity index (χ1n) is 34.1. The van der Waals surface area contributed by atoms with E-state index in [1.807, 2.05) is 0 Å². The molecule has 0 radical (unpaired) electrons. The lowest BCUT2D eigenvalue weighted by Gasteiger charge is -2.25. The Hall–Kier alpha value is -10.8. The van der Waals surface area contributed by atoms with E-state index < -0.39 is 0 Å². The maximum Gasteiger partial charge on any atom is 0.242 e. The second-order valence-corrected chi connectivity index (χ2v) is 27.9. The SMILES string of the molecule is Cc1cc(C)c(B(c2ccc(-n3c4ccccc4c4ccc5c6ccccc6n(-c6cccc(-n7c8ccccc8c8ccc9c%10ccccc%10n(-c%10ccc(B(c%11c(C)cc(C)cc%11C)c%11c(C)cc(C)cc%11C)cc%10)c9c87)c6)c5c43)cc2)c2c(C)cc(C)cc2C)c(C)c1. The van der Waals surface area contributed by atoms with Gasteiger partial charge < -0.3 is 18.3 Å². The van der Waals surface area contributed by atoms with Crippen LogP contribution in [0.15, 0.2) is 243 Å². The maximum atomic E-state index is 2.55. The molecule has 0 saturated heterocycles. The highest BCUT2D eigenvalue weighted by Crippen LogP contribution is 2.45. The lowest BCUT2D eigenvalue weighted by molar-refractivity contribution is 1.12. The predicted molar refractivity (Wildman–Crippen MR) is 416 cm³/mol. The van der Waals surface area contributed by atoms with Crippen molar-refractivity contribution < 1.29 is 0 Å². The zero-order valence-electron chi connectivity index (χ0n) is 57.0. The largest absolute Gasteiger partial charge is 0.307 e. The normalized spacial score (nSPS) is 12.0. The summed E-state index contributed by atoms with van der Waals surface area (Å²) < 4.78 is 10.2. The molecule has 4 heterocycles. The minimum atomic E-state index is 0.0654. The van der Waals surface area contributed by atoms with Crippen LogP contribution in [0.5, 0.6) is 0 Å². The zero-order valence-corrected chi connectivity index (χ0v) is 57.0. The fraction of sp³-hybridized carbons (Fsp3) is 0.133. The third kappa shape index (κ3) is 9.05. The number of aryl methyl sites for hydroxylation is 12. The van der Waals surface area contributed by atoms with E-state index in [1.165, 1.54) is 176 Å². The molecular formula is C90H76B2N4. The van der Waals surface area contributed by atoms with Crippen molar-refractivity contribution in [1.82, 2.24) is 18.3 Å². The summed E-state index contributed by atoms with van der Waals surface area (Å²) in [6, 6.07) is 92.8. The summed E-state index contributed by atoms with van der Waals surface area (Å²) in [5, 5.41) is 9.77. The van der Waals surface area contributed by atoms with Gasteiger partial charge in [0.25, 0.3) is 0 Å². The van der Waals surface area contributed by atoms with Crippen LogP contribution in [0, 0.1) is 83.1 Å². The molecule has 4 aromatic heterocycles. The number of nitrogens with zero attached hydrogens (tertiary/aromatic N) is 4. The molecule has 0 aliphatic heterocycles. The van der Waals surface area contributed by atoms with Crippen LogP contribution in [0.3, 0.4) is 0 Å². The molecule has 0 saturated carbocycles. The van der Waals surface area contributed by atoms with E-state index in [4.69, 9.17) is 0 Å². The molecule has 0 atom stereocenters. The average Bonchev–Trinajstić information content (AvgIpc) is 1.55. The van der Waals surface area contributed by atoms with Crippen LogP contribution < -0.4 is 32.8 Å². The van der Waals surface area contributed by atoms with Gasteiger partial charge in [-0.25, -0.2) is 0 Å². The molecule has 0 amide bonds. The van der Waals surface area contributed by atoms with Crippen molar-refractivity contribution in [3.05, 3.63) is 309 Å². The van der Waals surface area contributed by atoms with E-state index in [0.717, 1.165) is 33.8 Å². The Morgan fingerprint density at radius 1 is 0.198 bits per heavy atom. The van der Waals surface area contributed by atoms with E-state index in [-0.39, 0.29) is 13.4 Å². The van der Waals surface area contributed by atoms with Gasteiger partial charge in [-0.05, 0) is 150 Å². The molecule has 96 heavy (non-hydrogen) atoms. The van der Waals surface area contributed by atoms with Crippen molar-refractivity contribution in [2.75, 3.05) is 0 Å². The van der Waals surface area contributed by atoms with E-state index in [9.17, 15) is 0 Å². The highest BCUT2D eigenvalue weighted by Gasteiger charge is 2.32. The summed E-state index contributed by atoms with van der Waals surface area (Å²) in [5.41, 5.74) is 37.8. The zero-order chi connectivity index (χ0) is 65.7. The van der Waals surface area contributed by atoms with Crippen LogP contribution in [-0.2, 0) is 0 Å². The molecule has 17 rings (SSSR count). The Kier molecular flexibility index (Phi) is 13.8. The van der Waals surface area contributed by atoms with Crippen LogP contribution in [0.2, 0.25) is 0 Å². The lowest BCUT2D eigenvalue weighted by atomic mass is 9.34. The topological polar surface area (TPSA) is 19.7 Å². The second-order valence-electron chi connectivity index (χ2n) is 27.9. The van der Waals surface area contributed by atoms with E-state index in [1.54, 1.807) is 0 Å². The molecule has 0 bridgehead atoms. The quantitative estimate of drug-likeness (QED) is 0.122. The Morgan fingerprint density at radius 3 is 0.677 bits per heavy atom. The minimum absolute atomic E-state index is 0.0654. The van der Waals surface area contributed by atoms with Crippen molar-refractivity contribution in [2.45, 2.75) is 83.1 Å². The first-order valence-corrected chi connectivity index (χ1v) is 34.1. The molecule has 17 aromatic rings. The number of hydrogen-bond donors (Lipinski definition) is 0. The summed E-state index contributed by atoms with van der Waals surface area (Å²) >= 11 is 0. The number of para-hydroxylation sites is 4. The smallest absolute Gasteiger partial charge is 0.242 e. The van der Waals surface area contributed by atoms with E-state index in [2.05, 4.69) is 344 Å². The van der Waals surface area contributed by atoms with E-state index >= 15 is 0 Å². The van der Waals surface area contributed by atoms with Crippen molar-refractivity contribution in [3.63, 3.8) is 0 Å². The van der Waals surface area contributed by atoms with E-state index in [0.29, 0.717) is 0 Å². The van der Waals surface area contributed by atoms with Crippen molar-refractivity contribution in [2.24, 2.45) is 0 Å². The maximum absolute atomic E-state index is 2.55.